The maximum absolute atomic E-state index is 12.4. The van der Waals surface area contributed by atoms with E-state index in [1.165, 1.54) is 11.1 Å². The molecular formula is C11H16F3N3. The third kappa shape index (κ3) is 4.22. The fraction of sp³-hybridized carbons (Fsp3) is 0.545. The van der Waals surface area contributed by atoms with Gasteiger partial charge in [-0.05, 0) is 20.0 Å². The van der Waals surface area contributed by atoms with E-state index in [4.69, 9.17) is 0 Å². The van der Waals surface area contributed by atoms with Gasteiger partial charge in [0.25, 0.3) is 0 Å². The molecule has 0 unspecified atom stereocenters. The average Bonchev–Trinajstić information content (AvgIpc) is 2.26. The molecule has 1 aromatic heterocycles. The molecule has 1 aromatic rings. The van der Waals surface area contributed by atoms with Gasteiger partial charge in [0.2, 0.25) is 0 Å². The van der Waals surface area contributed by atoms with Crippen molar-refractivity contribution in [2.24, 2.45) is 0 Å². The van der Waals surface area contributed by atoms with E-state index >= 15 is 0 Å². The SMILES string of the molecule is CCN(CC(F)(F)F)c1ncccc1CNC. The van der Waals surface area contributed by atoms with Gasteiger partial charge in [-0.25, -0.2) is 4.98 Å². The van der Waals surface area contributed by atoms with Crippen LogP contribution in [0.2, 0.25) is 0 Å². The molecule has 0 bridgehead atoms. The molecule has 0 saturated carbocycles. The fourth-order valence-electron chi connectivity index (χ4n) is 1.60. The van der Waals surface area contributed by atoms with Crippen LogP contribution in [0.5, 0.6) is 0 Å². The van der Waals surface area contributed by atoms with Crippen LogP contribution in [0.1, 0.15) is 12.5 Å². The summed E-state index contributed by atoms with van der Waals surface area (Å²) in [4.78, 5) is 5.27. The lowest BCUT2D eigenvalue weighted by molar-refractivity contribution is -0.119. The van der Waals surface area contributed by atoms with Crippen molar-refractivity contribution < 1.29 is 13.2 Å². The molecule has 0 aromatic carbocycles. The molecule has 0 atom stereocenters. The molecule has 0 fully saturated rings. The van der Waals surface area contributed by atoms with Gasteiger partial charge in [0.1, 0.15) is 12.4 Å². The molecular weight excluding hydrogens is 231 g/mol. The van der Waals surface area contributed by atoms with Gasteiger partial charge in [-0.3, -0.25) is 0 Å². The number of pyridine rings is 1. The van der Waals surface area contributed by atoms with Crippen molar-refractivity contribution >= 4 is 5.82 Å². The van der Waals surface area contributed by atoms with Crippen molar-refractivity contribution in [1.29, 1.82) is 0 Å². The van der Waals surface area contributed by atoms with Gasteiger partial charge in [0.15, 0.2) is 0 Å². The quantitative estimate of drug-likeness (QED) is 0.864. The Kier molecular flexibility index (Phi) is 4.74. The van der Waals surface area contributed by atoms with Gasteiger partial charge in [-0.15, -0.1) is 0 Å². The van der Waals surface area contributed by atoms with Crippen LogP contribution in [0.25, 0.3) is 0 Å². The van der Waals surface area contributed by atoms with E-state index in [-0.39, 0.29) is 6.54 Å². The van der Waals surface area contributed by atoms with E-state index in [0.29, 0.717) is 12.4 Å². The first-order chi connectivity index (χ1) is 7.98. The minimum absolute atomic E-state index is 0.271. The van der Waals surface area contributed by atoms with E-state index in [1.54, 1.807) is 26.1 Å². The third-order valence-electron chi connectivity index (χ3n) is 2.29. The van der Waals surface area contributed by atoms with Crippen molar-refractivity contribution in [3.05, 3.63) is 23.9 Å². The zero-order chi connectivity index (χ0) is 12.9. The summed E-state index contributed by atoms with van der Waals surface area (Å²) in [6, 6.07) is 3.50. The number of hydrogen-bond acceptors (Lipinski definition) is 3. The molecule has 96 valence electrons. The highest BCUT2D eigenvalue weighted by Crippen LogP contribution is 2.23. The lowest BCUT2D eigenvalue weighted by Crippen LogP contribution is -2.35. The van der Waals surface area contributed by atoms with Gasteiger partial charge >= 0.3 is 6.18 Å². The third-order valence-corrected chi connectivity index (χ3v) is 2.29. The van der Waals surface area contributed by atoms with Crippen molar-refractivity contribution in [3.63, 3.8) is 0 Å². The van der Waals surface area contributed by atoms with E-state index in [2.05, 4.69) is 10.3 Å². The Bertz CT molecular complexity index is 352. The monoisotopic (exact) mass is 247 g/mol. The van der Waals surface area contributed by atoms with Crippen LogP contribution >= 0.6 is 0 Å². The average molecular weight is 247 g/mol. The van der Waals surface area contributed by atoms with Gasteiger partial charge in [0, 0.05) is 24.8 Å². The van der Waals surface area contributed by atoms with Crippen LogP contribution < -0.4 is 10.2 Å². The molecule has 17 heavy (non-hydrogen) atoms. The van der Waals surface area contributed by atoms with Crippen LogP contribution in [-0.4, -0.2) is 31.3 Å². The molecule has 1 rings (SSSR count). The zero-order valence-electron chi connectivity index (χ0n) is 9.88. The molecule has 6 heteroatoms. The molecule has 0 aliphatic rings. The Labute approximate surface area is 98.6 Å². The molecule has 1 N–H and O–H groups in total. The molecule has 0 aliphatic carbocycles. The van der Waals surface area contributed by atoms with Gasteiger partial charge in [0.05, 0.1) is 0 Å². The van der Waals surface area contributed by atoms with Gasteiger partial charge < -0.3 is 10.2 Å². The molecule has 3 nitrogen and oxygen atoms in total. The minimum atomic E-state index is -4.22. The predicted molar refractivity (Wildman–Crippen MR) is 60.9 cm³/mol. The Morgan fingerprint density at radius 3 is 2.65 bits per heavy atom. The lowest BCUT2D eigenvalue weighted by atomic mass is 10.2. The highest BCUT2D eigenvalue weighted by molar-refractivity contribution is 5.46. The van der Waals surface area contributed by atoms with E-state index in [1.807, 2.05) is 0 Å². The summed E-state index contributed by atoms with van der Waals surface area (Å²) in [5.74, 6) is 0.390. The summed E-state index contributed by atoms with van der Waals surface area (Å²) >= 11 is 0. The van der Waals surface area contributed by atoms with Crippen molar-refractivity contribution in [2.45, 2.75) is 19.6 Å². The molecule has 1 heterocycles. The standard InChI is InChI=1S/C11H16F3N3/c1-3-17(8-11(12,13)14)10-9(7-15-2)5-4-6-16-10/h4-6,15H,3,7-8H2,1-2H3. The van der Waals surface area contributed by atoms with Crippen LogP contribution in [0.3, 0.4) is 0 Å². The first-order valence-electron chi connectivity index (χ1n) is 5.38. The molecule has 0 aliphatic heterocycles. The molecule has 0 radical (unpaired) electrons. The summed E-state index contributed by atoms with van der Waals surface area (Å²) in [6.07, 6.45) is -2.71. The van der Waals surface area contributed by atoms with Crippen LogP contribution in [0.15, 0.2) is 18.3 Å². The maximum atomic E-state index is 12.4. The van der Waals surface area contributed by atoms with Crippen molar-refractivity contribution in [3.8, 4) is 0 Å². The van der Waals surface area contributed by atoms with Gasteiger partial charge in [-0.1, -0.05) is 6.07 Å². The summed E-state index contributed by atoms with van der Waals surface area (Å²) < 4.78 is 37.2. The van der Waals surface area contributed by atoms with Crippen LogP contribution in [0.4, 0.5) is 19.0 Å². The first-order valence-corrected chi connectivity index (χ1v) is 5.38. The lowest BCUT2D eigenvalue weighted by Gasteiger charge is -2.25. The number of rotatable bonds is 5. The molecule has 0 saturated heterocycles. The highest BCUT2D eigenvalue weighted by Gasteiger charge is 2.31. The van der Waals surface area contributed by atoms with Crippen LogP contribution in [-0.2, 0) is 6.54 Å². The Balaban J connectivity index is 2.94. The summed E-state index contributed by atoms with van der Waals surface area (Å²) in [6.45, 7) is 1.48. The first kappa shape index (κ1) is 13.8. The van der Waals surface area contributed by atoms with E-state index in [9.17, 15) is 13.2 Å². The number of nitrogens with one attached hydrogen (secondary N) is 1. The number of hydrogen-bond donors (Lipinski definition) is 1. The highest BCUT2D eigenvalue weighted by atomic mass is 19.4. The van der Waals surface area contributed by atoms with Crippen molar-refractivity contribution in [2.75, 3.05) is 25.0 Å². The minimum Gasteiger partial charge on any atom is -0.348 e. The number of halogens is 3. The second-order valence-corrected chi connectivity index (χ2v) is 3.65. The van der Waals surface area contributed by atoms with Crippen molar-refractivity contribution in [1.82, 2.24) is 10.3 Å². The predicted octanol–water partition coefficient (Wildman–Crippen LogP) is 2.19. The molecule has 0 amide bonds. The second-order valence-electron chi connectivity index (χ2n) is 3.65. The summed E-state index contributed by atoms with van der Waals surface area (Å²) in [7, 11) is 1.75. The number of alkyl halides is 3. The second kappa shape index (κ2) is 5.86. The zero-order valence-corrected chi connectivity index (χ0v) is 9.88. The Hall–Kier alpha value is -1.30. The van der Waals surface area contributed by atoms with E-state index in [0.717, 1.165) is 5.56 Å². The van der Waals surface area contributed by atoms with Gasteiger partial charge in [-0.2, -0.15) is 13.2 Å². The fourth-order valence-corrected chi connectivity index (χ4v) is 1.60. The Morgan fingerprint density at radius 2 is 2.12 bits per heavy atom. The maximum Gasteiger partial charge on any atom is 0.405 e. The van der Waals surface area contributed by atoms with Crippen LogP contribution in [0, 0.1) is 0 Å². The number of nitrogens with zero attached hydrogens (tertiary/aromatic N) is 2. The Morgan fingerprint density at radius 1 is 1.41 bits per heavy atom. The summed E-state index contributed by atoms with van der Waals surface area (Å²) in [5.41, 5.74) is 0.765. The number of anilines is 1. The molecule has 0 spiro atoms. The topological polar surface area (TPSA) is 28.2 Å². The van der Waals surface area contributed by atoms with E-state index < -0.39 is 12.7 Å². The smallest absolute Gasteiger partial charge is 0.348 e. The summed E-state index contributed by atoms with van der Waals surface area (Å²) in [5, 5.41) is 2.92. The largest absolute Gasteiger partial charge is 0.405 e. The number of aromatic nitrogens is 1. The normalized spacial score (nSPS) is 11.6.